The lowest BCUT2D eigenvalue weighted by atomic mass is 9.96. The summed E-state index contributed by atoms with van der Waals surface area (Å²) in [6, 6.07) is 0. The first-order valence-electron chi connectivity index (χ1n) is 6.55. The molecular formula is C13H23N3. The van der Waals surface area contributed by atoms with Crippen LogP contribution in [0.3, 0.4) is 0 Å². The average molecular weight is 221 g/mol. The van der Waals surface area contributed by atoms with Gasteiger partial charge in [-0.15, -0.1) is 0 Å². The maximum atomic E-state index is 6.16. The van der Waals surface area contributed by atoms with Crippen molar-refractivity contribution in [3.05, 3.63) is 11.5 Å². The maximum Gasteiger partial charge on any atom is 0.126 e. The van der Waals surface area contributed by atoms with Crippen LogP contribution < -0.4 is 5.73 Å². The van der Waals surface area contributed by atoms with Crippen LogP contribution in [0.5, 0.6) is 0 Å². The standard InChI is InChI=1S/C13H23N3/c1-3-11-15-12(13(14)16(11)2)10-8-6-4-5-7-9-10/h10H,3-9,14H2,1-2H3. The molecule has 3 heteroatoms. The monoisotopic (exact) mass is 221 g/mol. The molecule has 0 spiro atoms. The zero-order valence-electron chi connectivity index (χ0n) is 10.5. The molecule has 90 valence electrons. The van der Waals surface area contributed by atoms with Gasteiger partial charge in [0.2, 0.25) is 0 Å². The van der Waals surface area contributed by atoms with Crippen LogP contribution in [0.25, 0.3) is 0 Å². The quantitative estimate of drug-likeness (QED) is 0.780. The lowest BCUT2D eigenvalue weighted by Crippen LogP contribution is -2.04. The van der Waals surface area contributed by atoms with Crippen LogP contribution in [-0.4, -0.2) is 9.55 Å². The molecule has 0 amide bonds. The van der Waals surface area contributed by atoms with Crippen molar-refractivity contribution in [2.45, 2.75) is 57.8 Å². The Morgan fingerprint density at radius 1 is 1.25 bits per heavy atom. The molecule has 3 nitrogen and oxygen atoms in total. The molecule has 1 aromatic rings. The number of nitrogen functional groups attached to an aromatic ring is 1. The number of aryl methyl sites for hydroxylation is 1. The number of hydrogen-bond acceptors (Lipinski definition) is 2. The van der Waals surface area contributed by atoms with Gasteiger partial charge in [0.05, 0.1) is 5.69 Å². The largest absolute Gasteiger partial charge is 0.384 e. The number of hydrogen-bond donors (Lipinski definition) is 1. The second-order valence-electron chi connectivity index (χ2n) is 4.90. The Kier molecular flexibility index (Phi) is 3.52. The molecule has 0 aliphatic heterocycles. The van der Waals surface area contributed by atoms with Crippen LogP contribution in [0.1, 0.15) is 62.9 Å². The minimum Gasteiger partial charge on any atom is -0.384 e. The average Bonchev–Trinajstić information content (AvgIpc) is 2.52. The Morgan fingerprint density at radius 3 is 2.38 bits per heavy atom. The van der Waals surface area contributed by atoms with Gasteiger partial charge in [0.15, 0.2) is 0 Å². The molecule has 2 rings (SSSR count). The number of imidazole rings is 1. The molecule has 0 aromatic carbocycles. The van der Waals surface area contributed by atoms with Gasteiger partial charge in [0.1, 0.15) is 11.6 Å². The Bertz CT molecular complexity index is 346. The molecule has 1 aliphatic rings. The molecule has 0 saturated heterocycles. The van der Waals surface area contributed by atoms with Gasteiger partial charge in [0, 0.05) is 19.4 Å². The fourth-order valence-electron chi connectivity index (χ4n) is 2.75. The predicted molar refractivity (Wildman–Crippen MR) is 67.4 cm³/mol. The molecule has 1 aliphatic carbocycles. The normalized spacial score (nSPS) is 18.6. The van der Waals surface area contributed by atoms with E-state index in [9.17, 15) is 0 Å². The second-order valence-corrected chi connectivity index (χ2v) is 4.90. The number of aromatic nitrogens is 2. The van der Waals surface area contributed by atoms with E-state index in [1.807, 2.05) is 7.05 Å². The zero-order valence-corrected chi connectivity index (χ0v) is 10.5. The van der Waals surface area contributed by atoms with Gasteiger partial charge in [0.25, 0.3) is 0 Å². The minimum absolute atomic E-state index is 0.606. The van der Waals surface area contributed by atoms with E-state index in [4.69, 9.17) is 10.7 Å². The summed E-state index contributed by atoms with van der Waals surface area (Å²) in [7, 11) is 2.03. The van der Waals surface area contributed by atoms with E-state index in [0.29, 0.717) is 5.92 Å². The van der Waals surface area contributed by atoms with Gasteiger partial charge in [-0.25, -0.2) is 4.98 Å². The van der Waals surface area contributed by atoms with E-state index in [1.165, 1.54) is 44.2 Å². The van der Waals surface area contributed by atoms with E-state index in [-0.39, 0.29) is 0 Å². The van der Waals surface area contributed by atoms with Gasteiger partial charge in [-0.2, -0.15) is 0 Å². The fraction of sp³-hybridized carbons (Fsp3) is 0.769. The van der Waals surface area contributed by atoms with Crippen LogP contribution in [0.15, 0.2) is 0 Å². The van der Waals surface area contributed by atoms with Crippen molar-refractivity contribution in [3.8, 4) is 0 Å². The summed E-state index contributed by atoms with van der Waals surface area (Å²) in [5, 5.41) is 0. The van der Waals surface area contributed by atoms with Crippen LogP contribution >= 0.6 is 0 Å². The van der Waals surface area contributed by atoms with Crippen LogP contribution in [-0.2, 0) is 13.5 Å². The topological polar surface area (TPSA) is 43.8 Å². The molecule has 0 atom stereocenters. The second kappa shape index (κ2) is 4.89. The molecular weight excluding hydrogens is 198 g/mol. The highest BCUT2D eigenvalue weighted by molar-refractivity contribution is 5.40. The van der Waals surface area contributed by atoms with Gasteiger partial charge in [-0.1, -0.05) is 32.6 Å². The SMILES string of the molecule is CCc1nc(C2CCCCCC2)c(N)n1C. The third-order valence-electron chi connectivity index (χ3n) is 3.82. The summed E-state index contributed by atoms with van der Waals surface area (Å²) in [4.78, 5) is 4.73. The lowest BCUT2D eigenvalue weighted by molar-refractivity contribution is 0.580. The summed E-state index contributed by atoms with van der Waals surface area (Å²) in [6.07, 6.45) is 8.93. The smallest absolute Gasteiger partial charge is 0.126 e. The molecule has 16 heavy (non-hydrogen) atoms. The first-order valence-corrected chi connectivity index (χ1v) is 6.55. The van der Waals surface area contributed by atoms with E-state index in [1.54, 1.807) is 0 Å². The fourth-order valence-corrected chi connectivity index (χ4v) is 2.75. The van der Waals surface area contributed by atoms with Crippen LogP contribution in [0.4, 0.5) is 5.82 Å². The summed E-state index contributed by atoms with van der Waals surface area (Å²) in [5.41, 5.74) is 7.33. The summed E-state index contributed by atoms with van der Waals surface area (Å²) in [6.45, 7) is 2.14. The van der Waals surface area contributed by atoms with Gasteiger partial charge < -0.3 is 10.3 Å². The number of rotatable bonds is 2. The van der Waals surface area contributed by atoms with Crippen LogP contribution in [0, 0.1) is 0 Å². The first-order chi connectivity index (χ1) is 7.74. The molecule has 1 heterocycles. The molecule has 1 fully saturated rings. The van der Waals surface area contributed by atoms with Gasteiger partial charge >= 0.3 is 0 Å². The Balaban J connectivity index is 2.24. The predicted octanol–water partition coefficient (Wildman–Crippen LogP) is 3.00. The first kappa shape index (κ1) is 11.5. The third kappa shape index (κ3) is 2.08. The third-order valence-corrected chi connectivity index (χ3v) is 3.82. The lowest BCUT2D eigenvalue weighted by Gasteiger charge is -2.12. The Hall–Kier alpha value is -0.990. The minimum atomic E-state index is 0.606. The Labute approximate surface area is 98.1 Å². The van der Waals surface area contributed by atoms with Gasteiger partial charge in [-0.3, -0.25) is 0 Å². The number of nitrogens with zero attached hydrogens (tertiary/aromatic N) is 2. The van der Waals surface area contributed by atoms with E-state index in [2.05, 4.69) is 11.5 Å². The summed E-state index contributed by atoms with van der Waals surface area (Å²) >= 11 is 0. The van der Waals surface area contributed by atoms with E-state index in [0.717, 1.165) is 18.1 Å². The highest BCUT2D eigenvalue weighted by Gasteiger charge is 2.21. The molecule has 1 aromatic heterocycles. The van der Waals surface area contributed by atoms with Crippen molar-refractivity contribution in [2.24, 2.45) is 7.05 Å². The Morgan fingerprint density at radius 2 is 1.88 bits per heavy atom. The van der Waals surface area contributed by atoms with Crippen molar-refractivity contribution in [1.82, 2.24) is 9.55 Å². The van der Waals surface area contributed by atoms with Crippen molar-refractivity contribution in [2.75, 3.05) is 5.73 Å². The van der Waals surface area contributed by atoms with E-state index < -0.39 is 0 Å². The van der Waals surface area contributed by atoms with Crippen molar-refractivity contribution < 1.29 is 0 Å². The number of anilines is 1. The van der Waals surface area contributed by atoms with Crippen molar-refractivity contribution in [3.63, 3.8) is 0 Å². The molecule has 1 saturated carbocycles. The van der Waals surface area contributed by atoms with Gasteiger partial charge in [-0.05, 0) is 12.8 Å². The summed E-state index contributed by atoms with van der Waals surface area (Å²) in [5.74, 6) is 2.62. The maximum absolute atomic E-state index is 6.16. The van der Waals surface area contributed by atoms with Crippen molar-refractivity contribution >= 4 is 5.82 Å². The highest BCUT2D eigenvalue weighted by Crippen LogP contribution is 2.34. The van der Waals surface area contributed by atoms with Crippen molar-refractivity contribution in [1.29, 1.82) is 0 Å². The van der Waals surface area contributed by atoms with Crippen LogP contribution in [0.2, 0.25) is 0 Å². The molecule has 2 N–H and O–H groups in total. The zero-order chi connectivity index (χ0) is 11.5. The summed E-state index contributed by atoms with van der Waals surface area (Å²) < 4.78 is 2.06. The van der Waals surface area contributed by atoms with E-state index >= 15 is 0 Å². The molecule has 0 unspecified atom stereocenters. The molecule has 0 bridgehead atoms. The highest BCUT2D eigenvalue weighted by atomic mass is 15.1. The molecule has 0 radical (unpaired) electrons. The number of nitrogens with two attached hydrogens (primary N) is 1.